The van der Waals surface area contributed by atoms with E-state index in [4.69, 9.17) is 4.74 Å². The van der Waals surface area contributed by atoms with Gasteiger partial charge in [0, 0.05) is 32.6 Å². The van der Waals surface area contributed by atoms with Crippen molar-refractivity contribution < 1.29 is 19.1 Å². The zero-order valence-corrected chi connectivity index (χ0v) is 15.6. The second kappa shape index (κ2) is 9.38. The van der Waals surface area contributed by atoms with E-state index < -0.39 is 0 Å². The average Bonchev–Trinajstić information content (AvgIpc) is 2.68. The van der Waals surface area contributed by atoms with Crippen LogP contribution in [0, 0.1) is 0 Å². The van der Waals surface area contributed by atoms with Crippen molar-refractivity contribution in [1.82, 2.24) is 10.2 Å². The van der Waals surface area contributed by atoms with Gasteiger partial charge in [-0.25, -0.2) is 0 Å². The summed E-state index contributed by atoms with van der Waals surface area (Å²) in [5.74, 6) is -0.108. The molecule has 2 N–H and O–H groups in total. The van der Waals surface area contributed by atoms with Crippen molar-refractivity contribution in [3.8, 4) is 5.75 Å². The van der Waals surface area contributed by atoms with E-state index in [1.54, 1.807) is 69.7 Å². The lowest BCUT2D eigenvalue weighted by atomic mass is 10.1. The number of anilines is 1. The number of para-hydroxylation sites is 1. The van der Waals surface area contributed by atoms with Gasteiger partial charge in [0.25, 0.3) is 11.8 Å². The molecule has 0 bridgehead atoms. The molecule has 0 aliphatic heterocycles. The van der Waals surface area contributed by atoms with Crippen molar-refractivity contribution in [2.45, 2.75) is 6.42 Å². The van der Waals surface area contributed by atoms with Crippen LogP contribution in [-0.4, -0.2) is 50.4 Å². The number of rotatable bonds is 7. The number of ether oxygens (including phenoxy) is 1. The van der Waals surface area contributed by atoms with E-state index in [1.807, 2.05) is 0 Å². The molecule has 142 valence electrons. The third-order valence-electron chi connectivity index (χ3n) is 3.90. The zero-order valence-electron chi connectivity index (χ0n) is 15.6. The third kappa shape index (κ3) is 5.57. The first-order chi connectivity index (χ1) is 12.9. The molecule has 0 saturated carbocycles. The molecule has 7 nitrogen and oxygen atoms in total. The molecule has 2 aromatic rings. The van der Waals surface area contributed by atoms with Crippen LogP contribution in [0.2, 0.25) is 0 Å². The van der Waals surface area contributed by atoms with Crippen LogP contribution >= 0.6 is 0 Å². The van der Waals surface area contributed by atoms with Gasteiger partial charge < -0.3 is 20.3 Å². The summed E-state index contributed by atoms with van der Waals surface area (Å²) in [5.41, 5.74) is 1.18. The maximum Gasteiger partial charge on any atom is 0.255 e. The first-order valence-corrected chi connectivity index (χ1v) is 8.45. The van der Waals surface area contributed by atoms with Gasteiger partial charge in [0.1, 0.15) is 5.75 Å². The Bertz CT molecular complexity index is 816. The molecule has 27 heavy (non-hydrogen) atoms. The highest BCUT2D eigenvalue weighted by Crippen LogP contribution is 2.17. The summed E-state index contributed by atoms with van der Waals surface area (Å²) in [6.07, 6.45) is 0.207. The quantitative estimate of drug-likeness (QED) is 0.783. The number of hydrogen-bond acceptors (Lipinski definition) is 4. The minimum atomic E-state index is -0.354. The molecule has 0 aromatic heterocycles. The van der Waals surface area contributed by atoms with Crippen LogP contribution in [-0.2, 0) is 4.79 Å². The highest BCUT2D eigenvalue weighted by atomic mass is 16.5. The maximum atomic E-state index is 12.4. The van der Waals surface area contributed by atoms with Crippen LogP contribution in [0.15, 0.2) is 48.5 Å². The van der Waals surface area contributed by atoms with E-state index in [0.717, 1.165) is 0 Å². The Kier molecular flexibility index (Phi) is 6.93. The first-order valence-electron chi connectivity index (χ1n) is 8.45. The number of benzene rings is 2. The van der Waals surface area contributed by atoms with Gasteiger partial charge in [-0.1, -0.05) is 12.1 Å². The fourth-order valence-electron chi connectivity index (χ4n) is 2.33. The van der Waals surface area contributed by atoms with E-state index >= 15 is 0 Å². The summed E-state index contributed by atoms with van der Waals surface area (Å²) in [5, 5.41) is 5.45. The topological polar surface area (TPSA) is 87.7 Å². The SMILES string of the molecule is COc1ccc(C(=O)Nc2ccccc2C(=O)NCCC(=O)N(C)C)cc1. The first kappa shape index (κ1) is 20.0. The van der Waals surface area contributed by atoms with Crippen molar-refractivity contribution >= 4 is 23.4 Å². The molecule has 0 spiro atoms. The van der Waals surface area contributed by atoms with E-state index in [9.17, 15) is 14.4 Å². The van der Waals surface area contributed by atoms with E-state index in [1.165, 1.54) is 4.90 Å². The Morgan fingerprint density at radius 2 is 1.63 bits per heavy atom. The van der Waals surface area contributed by atoms with Gasteiger partial charge >= 0.3 is 0 Å². The molecular weight excluding hydrogens is 346 g/mol. The zero-order chi connectivity index (χ0) is 19.8. The average molecular weight is 369 g/mol. The summed E-state index contributed by atoms with van der Waals surface area (Å²) in [6.45, 7) is 0.219. The molecule has 0 radical (unpaired) electrons. The van der Waals surface area contributed by atoms with Crippen molar-refractivity contribution in [2.75, 3.05) is 33.1 Å². The minimum Gasteiger partial charge on any atom is -0.497 e. The van der Waals surface area contributed by atoms with Gasteiger partial charge in [0.15, 0.2) is 0 Å². The second-order valence-electron chi connectivity index (χ2n) is 6.02. The smallest absolute Gasteiger partial charge is 0.255 e. The van der Waals surface area contributed by atoms with Gasteiger partial charge in [0.2, 0.25) is 5.91 Å². The molecule has 0 aliphatic carbocycles. The van der Waals surface area contributed by atoms with E-state index in [-0.39, 0.29) is 30.7 Å². The molecule has 0 fully saturated rings. The number of nitrogens with one attached hydrogen (secondary N) is 2. The molecule has 0 saturated heterocycles. The lowest BCUT2D eigenvalue weighted by Gasteiger charge is -2.13. The molecule has 3 amide bonds. The van der Waals surface area contributed by atoms with E-state index in [0.29, 0.717) is 22.6 Å². The summed E-state index contributed by atoms with van der Waals surface area (Å²) < 4.78 is 5.08. The standard InChI is InChI=1S/C20H23N3O4/c1-23(2)18(24)12-13-21-20(26)16-6-4-5-7-17(16)22-19(25)14-8-10-15(27-3)11-9-14/h4-11H,12-13H2,1-3H3,(H,21,26)(H,22,25). The monoisotopic (exact) mass is 369 g/mol. The second-order valence-corrected chi connectivity index (χ2v) is 6.02. The Morgan fingerprint density at radius 1 is 0.963 bits per heavy atom. The lowest BCUT2D eigenvalue weighted by molar-refractivity contribution is -0.128. The lowest BCUT2D eigenvalue weighted by Crippen LogP contribution is -2.30. The van der Waals surface area contributed by atoms with Crippen LogP contribution < -0.4 is 15.4 Å². The van der Waals surface area contributed by atoms with Crippen LogP contribution in [0.3, 0.4) is 0 Å². The van der Waals surface area contributed by atoms with Gasteiger partial charge in [-0.05, 0) is 36.4 Å². The van der Waals surface area contributed by atoms with Gasteiger partial charge in [0.05, 0.1) is 18.4 Å². The van der Waals surface area contributed by atoms with Crippen molar-refractivity contribution in [3.63, 3.8) is 0 Å². The molecule has 0 atom stereocenters. The Balaban J connectivity index is 2.04. The minimum absolute atomic E-state index is 0.0728. The van der Waals surface area contributed by atoms with Crippen LogP contribution in [0.1, 0.15) is 27.1 Å². The van der Waals surface area contributed by atoms with Crippen molar-refractivity contribution in [1.29, 1.82) is 0 Å². The fraction of sp³-hybridized carbons (Fsp3) is 0.250. The molecule has 2 rings (SSSR count). The predicted molar refractivity (Wildman–Crippen MR) is 103 cm³/mol. The summed E-state index contributed by atoms with van der Waals surface area (Å²) in [4.78, 5) is 37.9. The molecule has 0 heterocycles. The highest BCUT2D eigenvalue weighted by molar-refractivity contribution is 6.09. The van der Waals surface area contributed by atoms with Crippen LogP contribution in [0.5, 0.6) is 5.75 Å². The summed E-state index contributed by atoms with van der Waals surface area (Å²) in [6, 6.07) is 13.4. The molecule has 2 aromatic carbocycles. The molecule has 0 unspecified atom stereocenters. The number of amides is 3. The fourth-order valence-corrected chi connectivity index (χ4v) is 2.33. The Labute approximate surface area is 158 Å². The summed E-state index contributed by atoms with van der Waals surface area (Å²) >= 11 is 0. The van der Waals surface area contributed by atoms with Gasteiger partial charge in [-0.15, -0.1) is 0 Å². The number of carbonyl (C=O) groups is 3. The van der Waals surface area contributed by atoms with Gasteiger partial charge in [-0.3, -0.25) is 14.4 Å². The maximum absolute atomic E-state index is 12.4. The normalized spacial score (nSPS) is 10.0. The largest absolute Gasteiger partial charge is 0.497 e. The van der Waals surface area contributed by atoms with Gasteiger partial charge in [-0.2, -0.15) is 0 Å². The predicted octanol–water partition coefficient (Wildman–Crippen LogP) is 2.16. The summed E-state index contributed by atoms with van der Waals surface area (Å²) in [7, 11) is 4.87. The number of carbonyl (C=O) groups excluding carboxylic acids is 3. The molecule has 7 heteroatoms. The van der Waals surface area contributed by atoms with Crippen LogP contribution in [0.4, 0.5) is 5.69 Å². The molecular formula is C20H23N3O4. The van der Waals surface area contributed by atoms with Crippen LogP contribution in [0.25, 0.3) is 0 Å². The number of hydrogen-bond donors (Lipinski definition) is 2. The Hall–Kier alpha value is -3.35. The van der Waals surface area contributed by atoms with Crippen molar-refractivity contribution in [3.05, 3.63) is 59.7 Å². The highest BCUT2D eigenvalue weighted by Gasteiger charge is 2.14. The molecule has 0 aliphatic rings. The Morgan fingerprint density at radius 3 is 2.26 bits per heavy atom. The van der Waals surface area contributed by atoms with Crippen molar-refractivity contribution in [2.24, 2.45) is 0 Å². The van der Waals surface area contributed by atoms with E-state index in [2.05, 4.69) is 10.6 Å². The number of methoxy groups -OCH3 is 1. The third-order valence-corrected chi connectivity index (χ3v) is 3.90. The number of nitrogens with zero attached hydrogens (tertiary/aromatic N) is 1.